The van der Waals surface area contributed by atoms with Gasteiger partial charge in [0.15, 0.2) is 0 Å². The lowest BCUT2D eigenvalue weighted by Crippen LogP contribution is -2.15. The summed E-state index contributed by atoms with van der Waals surface area (Å²) >= 11 is 0. The van der Waals surface area contributed by atoms with Gasteiger partial charge in [0.1, 0.15) is 6.61 Å². The fourth-order valence-corrected chi connectivity index (χ4v) is 0.930. The van der Waals surface area contributed by atoms with E-state index in [0.717, 1.165) is 5.95 Å². The molecular formula is C8H13N3O3. The molecular weight excluding hydrogens is 186 g/mol. The molecule has 0 bridgehead atoms. The molecule has 0 saturated carbocycles. The minimum absolute atomic E-state index is 0.262. The Labute approximate surface area is 81.5 Å². The largest absolute Gasteiger partial charge is 0.480 e. The lowest BCUT2D eigenvalue weighted by atomic mass is 10.6. The highest BCUT2D eigenvalue weighted by Crippen LogP contribution is 1.98. The Bertz CT molecular complexity index is 298. The first-order chi connectivity index (χ1) is 6.70. The number of carbonyl (C=O) groups is 1. The number of carboxylic acids is 1. The van der Waals surface area contributed by atoms with Crippen LogP contribution in [0.5, 0.6) is 0 Å². The first-order valence-electron chi connectivity index (χ1n) is 4.21. The van der Waals surface area contributed by atoms with E-state index in [-0.39, 0.29) is 6.61 Å². The van der Waals surface area contributed by atoms with Crippen molar-refractivity contribution in [1.29, 1.82) is 0 Å². The number of anilines is 1. The van der Waals surface area contributed by atoms with E-state index in [4.69, 9.17) is 9.84 Å². The number of hydrogen-bond acceptors (Lipinski definition) is 4. The van der Waals surface area contributed by atoms with Gasteiger partial charge in [-0.2, -0.15) is 0 Å². The third-order valence-electron chi connectivity index (χ3n) is 1.58. The van der Waals surface area contributed by atoms with Crippen LogP contribution in [0.3, 0.4) is 0 Å². The fraction of sp³-hybridized carbons (Fsp3) is 0.500. The van der Waals surface area contributed by atoms with Gasteiger partial charge < -0.3 is 19.7 Å². The van der Waals surface area contributed by atoms with Gasteiger partial charge in [0, 0.05) is 26.0 Å². The van der Waals surface area contributed by atoms with E-state index in [1.54, 1.807) is 6.20 Å². The zero-order valence-electron chi connectivity index (χ0n) is 7.93. The average Bonchev–Trinajstić information content (AvgIpc) is 2.51. The second-order valence-corrected chi connectivity index (χ2v) is 2.73. The van der Waals surface area contributed by atoms with Gasteiger partial charge in [0.05, 0.1) is 6.61 Å². The first kappa shape index (κ1) is 10.5. The van der Waals surface area contributed by atoms with Crippen molar-refractivity contribution in [2.24, 2.45) is 7.05 Å². The Morgan fingerprint density at radius 1 is 1.79 bits per heavy atom. The van der Waals surface area contributed by atoms with Crippen LogP contribution in [0.1, 0.15) is 0 Å². The quantitative estimate of drug-likeness (QED) is 0.627. The molecule has 0 atom stereocenters. The van der Waals surface area contributed by atoms with E-state index in [1.807, 2.05) is 17.8 Å². The minimum Gasteiger partial charge on any atom is -0.480 e. The van der Waals surface area contributed by atoms with E-state index in [0.29, 0.717) is 13.2 Å². The summed E-state index contributed by atoms with van der Waals surface area (Å²) in [5.41, 5.74) is 0. The standard InChI is InChI=1S/C8H13N3O3/c1-11-4-2-9-8(11)10-3-5-14-6-7(12)13/h2,4H,3,5-6H2,1H3,(H,9,10)(H,12,13). The molecule has 1 heterocycles. The van der Waals surface area contributed by atoms with Crippen LogP contribution in [-0.2, 0) is 16.6 Å². The number of hydrogen-bond donors (Lipinski definition) is 2. The van der Waals surface area contributed by atoms with Crippen molar-refractivity contribution in [2.75, 3.05) is 25.1 Å². The highest BCUT2D eigenvalue weighted by Gasteiger charge is 1.98. The summed E-state index contributed by atoms with van der Waals surface area (Å²) < 4.78 is 6.66. The number of rotatable bonds is 6. The average molecular weight is 199 g/mol. The zero-order chi connectivity index (χ0) is 10.4. The topological polar surface area (TPSA) is 76.4 Å². The maximum absolute atomic E-state index is 10.1. The van der Waals surface area contributed by atoms with Crippen LogP contribution in [0.25, 0.3) is 0 Å². The second-order valence-electron chi connectivity index (χ2n) is 2.73. The summed E-state index contributed by atoms with van der Waals surface area (Å²) in [6.45, 7) is 0.625. The van der Waals surface area contributed by atoms with Gasteiger partial charge in [-0.3, -0.25) is 0 Å². The molecule has 0 spiro atoms. The summed E-state index contributed by atoms with van der Waals surface area (Å²) in [7, 11) is 1.87. The second kappa shape index (κ2) is 5.23. The molecule has 0 amide bonds. The lowest BCUT2D eigenvalue weighted by Gasteiger charge is -2.05. The number of aryl methyl sites for hydroxylation is 1. The van der Waals surface area contributed by atoms with Crippen molar-refractivity contribution >= 4 is 11.9 Å². The van der Waals surface area contributed by atoms with Crippen molar-refractivity contribution in [3.63, 3.8) is 0 Å². The highest BCUT2D eigenvalue weighted by molar-refractivity contribution is 5.67. The predicted molar refractivity (Wildman–Crippen MR) is 50.2 cm³/mol. The molecule has 14 heavy (non-hydrogen) atoms. The molecule has 0 radical (unpaired) electrons. The van der Waals surface area contributed by atoms with Crippen LogP contribution >= 0.6 is 0 Å². The van der Waals surface area contributed by atoms with Crippen LogP contribution in [0.4, 0.5) is 5.95 Å². The number of ether oxygens (including phenoxy) is 1. The van der Waals surface area contributed by atoms with Gasteiger partial charge in [-0.15, -0.1) is 0 Å². The third kappa shape index (κ3) is 3.44. The van der Waals surface area contributed by atoms with Gasteiger partial charge in [0.2, 0.25) is 5.95 Å². The number of nitrogens with zero attached hydrogens (tertiary/aromatic N) is 2. The van der Waals surface area contributed by atoms with Crippen molar-refractivity contribution in [3.8, 4) is 0 Å². The number of carboxylic acid groups (broad SMARTS) is 1. The first-order valence-corrected chi connectivity index (χ1v) is 4.21. The summed E-state index contributed by atoms with van der Waals surface area (Å²) in [5, 5.41) is 11.3. The molecule has 1 rings (SSSR count). The van der Waals surface area contributed by atoms with Gasteiger partial charge in [0.25, 0.3) is 0 Å². The summed E-state index contributed by atoms with van der Waals surface area (Å²) in [6, 6.07) is 0. The molecule has 0 aliphatic carbocycles. The van der Waals surface area contributed by atoms with Gasteiger partial charge in [-0.25, -0.2) is 9.78 Å². The van der Waals surface area contributed by atoms with E-state index in [2.05, 4.69) is 10.3 Å². The zero-order valence-corrected chi connectivity index (χ0v) is 7.93. The van der Waals surface area contributed by atoms with Crippen molar-refractivity contribution in [3.05, 3.63) is 12.4 Å². The molecule has 1 aromatic rings. The Balaban J connectivity index is 2.10. The Morgan fingerprint density at radius 3 is 3.14 bits per heavy atom. The molecule has 1 aromatic heterocycles. The Morgan fingerprint density at radius 2 is 2.57 bits per heavy atom. The molecule has 0 aliphatic heterocycles. The summed E-state index contributed by atoms with van der Waals surface area (Å²) in [4.78, 5) is 14.1. The van der Waals surface area contributed by atoms with Crippen molar-refractivity contribution in [2.45, 2.75) is 0 Å². The van der Waals surface area contributed by atoms with Crippen LogP contribution in [0.15, 0.2) is 12.4 Å². The van der Waals surface area contributed by atoms with Crippen LogP contribution in [-0.4, -0.2) is 40.4 Å². The van der Waals surface area contributed by atoms with E-state index in [1.165, 1.54) is 0 Å². The molecule has 78 valence electrons. The van der Waals surface area contributed by atoms with E-state index in [9.17, 15) is 4.79 Å². The molecule has 6 heteroatoms. The smallest absolute Gasteiger partial charge is 0.329 e. The number of imidazole rings is 1. The maximum Gasteiger partial charge on any atom is 0.329 e. The summed E-state index contributed by atoms with van der Waals surface area (Å²) in [6.07, 6.45) is 3.50. The molecule has 0 aromatic carbocycles. The number of aromatic nitrogens is 2. The molecule has 2 N–H and O–H groups in total. The molecule has 0 fully saturated rings. The van der Waals surface area contributed by atoms with Gasteiger partial charge in [-0.05, 0) is 0 Å². The van der Waals surface area contributed by atoms with Gasteiger partial charge in [-0.1, -0.05) is 0 Å². The molecule has 0 saturated heterocycles. The minimum atomic E-state index is -0.956. The van der Waals surface area contributed by atoms with Gasteiger partial charge >= 0.3 is 5.97 Å². The van der Waals surface area contributed by atoms with Crippen molar-refractivity contribution in [1.82, 2.24) is 9.55 Å². The lowest BCUT2D eigenvalue weighted by molar-refractivity contribution is -0.142. The Hall–Kier alpha value is -1.56. The SMILES string of the molecule is Cn1ccnc1NCCOCC(=O)O. The molecule has 0 aliphatic rings. The highest BCUT2D eigenvalue weighted by atomic mass is 16.5. The van der Waals surface area contributed by atoms with Crippen LogP contribution in [0, 0.1) is 0 Å². The third-order valence-corrected chi connectivity index (χ3v) is 1.58. The van der Waals surface area contributed by atoms with E-state index < -0.39 is 5.97 Å². The number of nitrogens with one attached hydrogen (secondary N) is 1. The van der Waals surface area contributed by atoms with E-state index >= 15 is 0 Å². The fourth-order valence-electron chi connectivity index (χ4n) is 0.930. The normalized spacial score (nSPS) is 10.1. The van der Waals surface area contributed by atoms with Crippen molar-refractivity contribution < 1.29 is 14.6 Å². The molecule has 6 nitrogen and oxygen atoms in total. The Kier molecular flexibility index (Phi) is 3.93. The monoisotopic (exact) mass is 199 g/mol. The van der Waals surface area contributed by atoms with Crippen LogP contribution in [0.2, 0.25) is 0 Å². The molecule has 0 unspecified atom stereocenters. The number of aliphatic carboxylic acids is 1. The maximum atomic E-state index is 10.1. The summed E-state index contributed by atoms with van der Waals surface area (Å²) in [5.74, 6) is -0.217. The predicted octanol–water partition coefficient (Wildman–Crippen LogP) is -0.0668. The van der Waals surface area contributed by atoms with Crippen LogP contribution < -0.4 is 5.32 Å².